The molecule has 0 spiro atoms. The topological polar surface area (TPSA) is 50.1 Å². The van der Waals surface area contributed by atoms with Crippen LogP contribution in [0.4, 0.5) is 0 Å². The standard InChI is InChI=1S/C16H13NO2/c1-12(11-17)19-15-9-7-14(8-10-15)16(18)13-5-3-2-4-6-13/h2-10,12H,1H3/t12-/m0/s1. The zero-order valence-electron chi connectivity index (χ0n) is 10.5. The molecule has 19 heavy (non-hydrogen) atoms. The van der Waals surface area contributed by atoms with Gasteiger partial charge in [-0.05, 0) is 31.2 Å². The SMILES string of the molecule is C[C@@H](C#N)Oc1ccc(C(=O)c2ccccc2)cc1. The highest BCUT2D eigenvalue weighted by Crippen LogP contribution is 2.16. The second-order valence-corrected chi connectivity index (χ2v) is 4.11. The van der Waals surface area contributed by atoms with Crippen molar-refractivity contribution in [3.05, 3.63) is 65.7 Å². The highest BCUT2D eigenvalue weighted by Gasteiger charge is 2.09. The Kier molecular flexibility index (Phi) is 3.94. The first-order chi connectivity index (χ1) is 9.20. The number of nitriles is 1. The van der Waals surface area contributed by atoms with E-state index in [4.69, 9.17) is 10.00 Å². The van der Waals surface area contributed by atoms with Crippen LogP contribution in [-0.2, 0) is 0 Å². The molecule has 2 aromatic rings. The Hall–Kier alpha value is -2.60. The summed E-state index contributed by atoms with van der Waals surface area (Å²) in [6.07, 6.45) is -0.504. The van der Waals surface area contributed by atoms with Crippen LogP contribution in [0.15, 0.2) is 54.6 Å². The Morgan fingerprint density at radius 2 is 1.63 bits per heavy atom. The van der Waals surface area contributed by atoms with Gasteiger partial charge in [-0.1, -0.05) is 30.3 Å². The van der Waals surface area contributed by atoms with Crippen LogP contribution >= 0.6 is 0 Å². The predicted molar refractivity (Wildman–Crippen MR) is 72.0 cm³/mol. The molecule has 0 saturated heterocycles. The molecule has 94 valence electrons. The highest BCUT2D eigenvalue weighted by molar-refractivity contribution is 6.08. The van der Waals surface area contributed by atoms with Crippen LogP contribution in [0.25, 0.3) is 0 Å². The van der Waals surface area contributed by atoms with Gasteiger partial charge in [-0.2, -0.15) is 5.26 Å². The Morgan fingerprint density at radius 1 is 1.05 bits per heavy atom. The maximum atomic E-state index is 12.1. The molecule has 0 aromatic heterocycles. The largest absolute Gasteiger partial charge is 0.476 e. The first kappa shape index (κ1) is 12.8. The summed E-state index contributed by atoms with van der Waals surface area (Å²) in [5.74, 6) is 0.555. The molecule has 3 heteroatoms. The van der Waals surface area contributed by atoms with Crippen LogP contribution in [-0.4, -0.2) is 11.9 Å². The van der Waals surface area contributed by atoms with Crippen molar-refractivity contribution in [2.45, 2.75) is 13.0 Å². The summed E-state index contributed by atoms with van der Waals surface area (Å²) in [6, 6.07) is 17.9. The van der Waals surface area contributed by atoms with E-state index in [1.165, 1.54) is 0 Å². The van der Waals surface area contributed by atoms with E-state index in [1.54, 1.807) is 43.3 Å². The fraction of sp³-hybridized carbons (Fsp3) is 0.125. The number of carbonyl (C=O) groups is 1. The average molecular weight is 251 g/mol. The molecule has 0 aliphatic carbocycles. The minimum Gasteiger partial charge on any atom is -0.476 e. The number of ether oxygens (including phenoxy) is 1. The van der Waals surface area contributed by atoms with E-state index in [0.717, 1.165) is 0 Å². The minimum atomic E-state index is -0.504. The van der Waals surface area contributed by atoms with Crippen molar-refractivity contribution < 1.29 is 9.53 Å². The fourth-order valence-corrected chi connectivity index (χ4v) is 1.67. The van der Waals surface area contributed by atoms with Gasteiger partial charge in [0, 0.05) is 11.1 Å². The summed E-state index contributed by atoms with van der Waals surface area (Å²) in [6.45, 7) is 1.67. The normalized spacial score (nSPS) is 11.4. The quantitative estimate of drug-likeness (QED) is 0.784. The Balaban J connectivity index is 2.15. The molecule has 1 atom stereocenters. The number of rotatable bonds is 4. The van der Waals surface area contributed by atoms with Crippen LogP contribution in [0.2, 0.25) is 0 Å². The second-order valence-electron chi connectivity index (χ2n) is 4.11. The molecule has 0 N–H and O–H groups in total. The van der Waals surface area contributed by atoms with Crippen LogP contribution in [0.3, 0.4) is 0 Å². The third-order valence-corrected chi connectivity index (χ3v) is 2.65. The molecule has 0 heterocycles. The molecule has 0 bridgehead atoms. The molecular formula is C16H13NO2. The van der Waals surface area contributed by atoms with E-state index in [9.17, 15) is 4.79 Å². The lowest BCUT2D eigenvalue weighted by atomic mass is 10.0. The van der Waals surface area contributed by atoms with Gasteiger partial charge in [-0.25, -0.2) is 0 Å². The number of benzene rings is 2. The van der Waals surface area contributed by atoms with Gasteiger partial charge in [0.15, 0.2) is 11.9 Å². The van der Waals surface area contributed by atoms with Gasteiger partial charge in [0.2, 0.25) is 0 Å². The van der Waals surface area contributed by atoms with Crippen molar-refractivity contribution in [1.82, 2.24) is 0 Å². The summed E-state index contributed by atoms with van der Waals surface area (Å²) < 4.78 is 5.33. The second kappa shape index (κ2) is 5.83. The van der Waals surface area contributed by atoms with Gasteiger partial charge >= 0.3 is 0 Å². The van der Waals surface area contributed by atoms with Crippen LogP contribution in [0, 0.1) is 11.3 Å². The van der Waals surface area contributed by atoms with Crippen molar-refractivity contribution in [1.29, 1.82) is 5.26 Å². The van der Waals surface area contributed by atoms with E-state index < -0.39 is 6.10 Å². The molecule has 0 fully saturated rings. The fourth-order valence-electron chi connectivity index (χ4n) is 1.67. The number of nitrogens with zero attached hydrogens (tertiary/aromatic N) is 1. The van der Waals surface area contributed by atoms with Gasteiger partial charge in [0.05, 0.1) is 0 Å². The maximum absolute atomic E-state index is 12.1. The summed E-state index contributed by atoms with van der Waals surface area (Å²) in [5, 5.41) is 8.66. The lowest BCUT2D eigenvalue weighted by Gasteiger charge is -2.08. The third-order valence-electron chi connectivity index (χ3n) is 2.65. The van der Waals surface area contributed by atoms with E-state index in [0.29, 0.717) is 16.9 Å². The Bertz CT molecular complexity index is 597. The average Bonchev–Trinajstić information content (AvgIpc) is 2.48. The smallest absolute Gasteiger partial charge is 0.193 e. The van der Waals surface area contributed by atoms with Crippen LogP contribution in [0.5, 0.6) is 5.75 Å². The van der Waals surface area contributed by atoms with E-state index in [1.807, 2.05) is 24.3 Å². The Morgan fingerprint density at radius 3 is 2.21 bits per heavy atom. The molecule has 0 aliphatic rings. The van der Waals surface area contributed by atoms with Crippen molar-refractivity contribution in [3.8, 4) is 11.8 Å². The van der Waals surface area contributed by atoms with Gasteiger partial charge in [0.1, 0.15) is 11.8 Å². The zero-order chi connectivity index (χ0) is 13.7. The summed E-state index contributed by atoms with van der Waals surface area (Å²) in [7, 11) is 0. The summed E-state index contributed by atoms with van der Waals surface area (Å²) in [4.78, 5) is 12.1. The first-order valence-corrected chi connectivity index (χ1v) is 5.97. The molecule has 3 nitrogen and oxygen atoms in total. The van der Waals surface area contributed by atoms with Crippen LogP contribution in [0.1, 0.15) is 22.8 Å². The lowest BCUT2D eigenvalue weighted by molar-refractivity contribution is 0.103. The first-order valence-electron chi connectivity index (χ1n) is 5.97. The number of hydrogen-bond acceptors (Lipinski definition) is 3. The molecule has 0 aliphatic heterocycles. The highest BCUT2D eigenvalue weighted by atomic mass is 16.5. The third kappa shape index (κ3) is 3.20. The molecule has 0 radical (unpaired) electrons. The van der Waals surface area contributed by atoms with Gasteiger partial charge in [-0.3, -0.25) is 4.79 Å². The molecule has 2 aromatic carbocycles. The lowest BCUT2D eigenvalue weighted by Crippen LogP contribution is -2.08. The maximum Gasteiger partial charge on any atom is 0.193 e. The molecular weight excluding hydrogens is 238 g/mol. The van der Waals surface area contributed by atoms with Crippen LogP contribution < -0.4 is 4.74 Å². The van der Waals surface area contributed by atoms with Gasteiger partial charge in [-0.15, -0.1) is 0 Å². The predicted octanol–water partition coefficient (Wildman–Crippen LogP) is 3.21. The van der Waals surface area contributed by atoms with Crippen molar-refractivity contribution in [2.24, 2.45) is 0 Å². The van der Waals surface area contributed by atoms with Gasteiger partial charge < -0.3 is 4.74 Å². The Labute approximate surface area is 112 Å². The summed E-state index contributed by atoms with van der Waals surface area (Å²) in [5.41, 5.74) is 1.25. The number of carbonyl (C=O) groups excluding carboxylic acids is 1. The minimum absolute atomic E-state index is 0.0273. The molecule has 2 rings (SSSR count). The van der Waals surface area contributed by atoms with E-state index in [2.05, 4.69) is 0 Å². The van der Waals surface area contributed by atoms with Crippen molar-refractivity contribution >= 4 is 5.78 Å². The molecule has 0 unspecified atom stereocenters. The monoisotopic (exact) mass is 251 g/mol. The molecule has 0 amide bonds. The van der Waals surface area contributed by atoms with Crippen molar-refractivity contribution in [2.75, 3.05) is 0 Å². The van der Waals surface area contributed by atoms with E-state index in [-0.39, 0.29) is 5.78 Å². The van der Waals surface area contributed by atoms with Gasteiger partial charge in [0.25, 0.3) is 0 Å². The van der Waals surface area contributed by atoms with E-state index >= 15 is 0 Å². The van der Waals surface area contributed by atoms with Crippen molar-refractivity contribution in [3.63, 3.8) is 0 Å². The number of hydrogen-bond donors (Lipinski definition) is 0. The zero-order valence-corrected chi connectivity index (χ0v) is 10.5. The number of ketones is 1. The molecule has 0 saturated carbocycles. The summed E-state index contributed by atoms with van der Waals surface area (Å²) >= 11 is 0.